The minimum atomic E-state index is 0.292. The van der Waals surface area contributed by atoms with Gasteiger partial charge in [0, 0.05) is 17.2 Å². The summed E-state index contributed by atoms with van der Waals surface area (Å²) < 4.78 is 6.74. The summed E-state index contributed by atoms with van der Waals surface area (Å²) in [6, 6.07) is 1.95. The predicted molar refractivity (Wildman–Crippen MR) is 58.5 cm³/mol. The van der Waals surface area contributed by atoms with Crippen molar-refractivity contribution in [2.75, 3.05) is 13.1 Å². The molecule has 0 radical (unpaired) electrons. The van der Waals surface area contributed by atoms with E-state index in [9.17, 15) is 0 Å². The molecule has 0 bridgehead atoms. The molecule has 0 aliphatic carbocycles. The monoisotopic (exact) mass is 256 g/mol. The summed E-state index contributed by atoms with van der Waals surface area (Å²) in [6.45, 7) is 2.04. The fourth-order valence-electron chi connectivity index (χ4n) is 1.57. The molecular formula is C10H13BrN2O. The lowest BCUT2D eigenvalue weighted by molar-refractivity contribution is 0.166. The fourth-order valence-corrected chi connectivity index (χ4v) is 1.91. The van der Waals surface area contributed by atoms with Crippen LogP contribution in [0.2, 0.25) is 0 Å². The van der Waals surface area contributed by atoms with E-state index in [0.717, 1.165) is 29.7 Å². The molecule has 1 saturated heterocycles. The van der Waals surface area contributed by atoms with Crippen LogP contribution in [-0.4, -0.2) is 24.2 Å². The van der Waals surface area contributed by atoms with Crippen molar-refractivity contribution in [1.29, 1.82) is 0 Å². The van der Waals surface area contributed by atoms with E-state index < -0.39 is 0 Å². The summed E-state index contributed by atoms with van der Waals surface area (Å²) in [5.74, 6) is 0.841. The molecule has 76 valence electrons. The van der Waals surface area contributed by atoms with Crippen LogP contribution < -0.4 is 10.1 Å². The second-order valence-electron chi connectivity index (χ2n) is 3.43. The highest BCUT2D eigenvalue weighted by Crippen LogP contribution is 2.18. The molecule has 1 atom stereocenters. The topological polar surface area (TPSA) is 34.1 Å². The highest BCUT2D eigenvalue weighted by molar-refractivity contribution is 9.10. The largest absolute Gasteiger partial charge is 0.487 e. The predicted octanol–water partition coefficient (Wildman–Crippen LogP) is 1.97. The van der Waals surface area contributed by atoms with Crippen LogP contribution in [-0.2, 0) is 0 Å². The first-order valence-electron chi connectivity index (χ1n) is 4.82. The van der Waals surface area contributed by atoms with E-state index in [1.807, 2.05) is 6.07 Å². The molecule has 2 rings (SSSR count). The Morgan fingerprint density at radius 1 is 1.50 bits per heavy atom. The molecular weight excluding hydrogens is 244 g/mol. The van der Waals surface area contributed by atoms with E-state index in [1.54, 1.807) is 12.4 Å². The molecule has 2 heterocycles. The third kappa shape index (κ3) is 2.69. The van der Waals surface area contributed by atoms with E-state index in [1.165, 1.54) is 6.42 Å². The molecule has 1 N–H and O–H groups in total. The normalized spacial score (nSPS) is 21.9. The van der Waals surface area contributed by atoms with Gasteiger partial charge in [-0.3, -0.25) is 4.98 Å². The Labute approximate surface area is 92.0 Å². The Kier molecular flexibility index (Phi) is 3.37. The number of hydrogen-bond acceptors (Lipinski definition) is 3. The number of aromatic nitrogens is 1. The smallest absolute Gasteiger partial charge is 0.139 e. The molecule has 1 aliphatic heterocycles. The second-order valence-corrected chi connectivity index (χ2v) is 4.34. The number of nitrogens with zero attached hydrogens (tertiary/aromatic N) is 1. The van der Waals surface area contributed by atoms with Gasteiger partial charge >= 0.3 is 0 Å². The number of pyridine rings is 1. The summed E-state index contributed by atoms with van der Waals surface area (Å²) in [4.78, 5) is 4.06. The van der Waals surface area contributed by atoms with E-state index in [2.05, 4.69) is 26.2 Å². The fraction of sp³-hybridized carbons (Fsp3) is 0.500. The van der Waals surface area contributed by atoms with Crippen molar-refractivity contribution in [2.24, 2.45) is 0 Å². The van der Waals surface area contributed by atoms with Gasteiger partial charge < -0.3 is 10.1 Å². The second kappa shape index (κ2) is 4.75. The first kappa shape index (κ1) is 9.93. The summed E-state index contributed by atoms with van der Waals surface area (Å²) in [7, 11) is 0. The average Bonchev–Trinajstić information content (AvgIpc) is 2.19. The van der Waals surface area contributed by atoms with Crippen molar-refractivity contribution in [3.8, 4) is 5.75 Å². The molecule has 1 aliphatic rings. The van der Waals surface area contributed by atoms with E-state index in [-0.39, 0.29) is 0 Å². The first-order valence-corrected chi connectivity index (χ1v) is 5.62. The van der Waals surface area contributed by atoms with Gasteiger partial charge in [-0.25, -0.2) is 0 Å². The molecule has 0 spiro atoms. The molecule has 14 heavy (non-hydrogen) atoms. The molecule has 0 aromatic carbocycles. The van der Waals surface area contributed by atoms with Crippen LogP contribution in [0, 0.1) is 0 Å². The minimum Gasteiger partial charge on any atom is -0.487 e. The molecule has 0 unspecified atom stereocenters. The SMILES string of the molecule is Brc1cncc(O[C@@H]2CCCNC2)c1. The molecule has 4 heteroatoms. The van der Waals surface area contributed by atoms with E-state index in [0.29, 0.717) is 6.10 Å². The zero-order chi connectivity index (χ0) is 9.80. The number of nitrogens with one attached hydrogen (secondary N) is 1. The van der Waals surface area contributed by atoms with Gasteiger partial charge in [-0.15, -0.1) is 0 Å². The molecule has 3 nitrogen and oxygen atoms in total. The van der Waals surface area contributed by atoms with Gasteiger partial charge in [0.25, 0.3) is 0 Å². The third-order valence-electron chi connectivity index (χ3n) is 2.23. The van der Waals surface area contributed by atoms with Crippen LogP contribution in [0.25, 0.3) is 0 Å². The lowest BCUT2D eigenvalue weighted by Crippen LogP contribution is -2.37. The third-order valence-corrected chi connectivity index (χ3v) is 2.67. The lowest BCUT2D eigenvalue weighted by Gasteiger charge is -2.23. The molecule has 0 amide bonds. The number of piperidine rings is 1. The first-order chi connectivity index (χ1) is 6.84. The maximum absolute atomic E-state index is 5.78. The summed E-state index contributed by atoms with van der Waals surface area (Å²) in [5, 5.41) is 3.31. The number of halogens is 1. The van der Waals surface area contributed by atoms with Crippen LogP contribution in [0.4, 0.5) is 0 Å². The van der Waals surface area contributed by atoms with Crippen LogP contribution in [0.3, 0.4) is 0 Å². The average molecular weight is 257 g/mol. The van der Waals surface area contributed by atoms with Crippen LogP contribution in [0.5, 0.6) is 5.75 Å². The zero-order valence-corrected chi connectivity index (χ0v) is 9.46. The van der Waals surface area contributed by atoms with Crippen molar-refractivity contribution in [3.63, 3.8) is 0 Å². The maximum Gasteiger partial charge on any atom is 0.139 e. The van der Waals surface area contributed by atoms with Gasteiger partial charge in [0.15, 0.2) is 0 Å². The Morgan fingerprint density at radius 2 is 2.43 bits per heavy atom. The minimum absolute atomic E-state index is 0.292. The van der Waals surface area contributed by atoms with Gasteiger partial charge in [-0.1, -0.05) is 0 Å². The number of hydrogen-bond donors (Lipinski definition) is 1. The highest BCUT2D eigenvalue weighted by Gasteiger charge is 2.14. The number of rotatable bonds is 2. The van der Waals surface area contributed by atoms with E-state index in [4.69, 9.17) is 4.74 Å². The highest BCUT2D eigenvalue weighted by atomic mass is 79.9. The molecule has 1 aromatic rings. The Balaban J connectivity index is 1.95. The Hall–Kier alpha value is -0.610. The summed E-state index contributed by atoms with van der Waals surface area (Å²) in [5.41, 5.74) is 0. The van der Waals surface area contributed by atoms with Crippen molar-refractivity contribution < 1.29 is 4.74 Å². The van der Waals surface area contributed by atoms with Gasteiger partial charge in [0.05, 0.1) is 6.20 Å². The lowest BCUT2D eigenvalue weighted by atomic mass is 10.1. The zero-order valence-electron chi connectivity index (χ0n) is 7.87. The van der Waals surface area contributed by atoms with Crippen molar-refractivity contribution in [1.82, 2.24) is 10.3 Å². The standard InChI is InChI=1S/C10H13BrN2O/c11-8-4-10(7-13-5-8)14-9-2-1-3-12-6-9/h4-5,7,9,12H,1-3,6H2/t9-/m1/s1. The summed E-state index contributed by atoms with van der Waals surface area (Å²) >= 11 is 3.37. The summed E-state index contributed by atoms with van der Waals surface area (Å²) in [6.07, 6.45) is 6.11. The van der Waals surface area contributed by atoms with Crippen LogP contribution in [0.15, 0.2) is 22.9 Å². The molecule has 1 aromatic heterocycles. The molecule has 0 saturated carbocycles. The Morgan fingerprint density at radius 3 is 3.14 bits per heavy atom. The van der Waals surface area contributed by atoms with Crippen molar-refractivity contribution in [3.05, 3.63) is 22.9 Å². The van der Waals surface area contributed by atoms with Crippen LogP contribution >= 0.6 is 15.9 Å². The Bertz CT molecular complexity index is 300. The maximum atomic E-state index is 5.78. The molecule has 1 fully saturated rings. The van der Waals surface area contributed by atoms with E-state index >= 15 is 0 Å². The quantitative estimate of drug-likeness (QED) is 0.879. The van der Waals surface area contributed by atoms with Gasteiger partial charge in [0.2, 0.25) is 0 Å². The van der Waals surface area contributed by atoms with Crippen molar-refractivity contribution in [2.45, 2.75) is 18.9 Å². The van der Waals surface area contributed by atoms with Gasteiger partial charge in [0.1, 0.15) is 11.9 Å². The van der Waals surface area contributed by atoms with Gasteiger partial charge in [-0.05, 0) is 41.4 Å². The number of ether oxygens (including phenoxy) is 1. The van der Waals surface area contributed by atoms with Crippen LogP contribution in [0.1, 0.15) is 12.8 Å². The van der Waals surface area contributed by atoms with Gasteiger partial charge in [-0.2, -0.15) is 0 Å². The van der Waals surface area contributed by atoms with Crippen molar-refractivity contribution >= 4 is 15.9 Å².